The average molecular weight is 182 g/mol. The van der Waals surface area contributed by atoms with Gasteiger partial charge in [-0.3, -0.25) is 0 Å². The maximum Gasteiger partial charge on any atom is 0.0941 e. The molecule has 1 atom stereocenters. The molecule has 0 N–H and O–H groups in total. The van der Waals surface area contributed by atoms with Crippen LogP contribution in [0.25, 0.3) is 0 Å². The molecule has 0 spiro atoms. The van der Waals surface area contributed by atoms with Crippen molar-refractivity contribution >= 4 is 0 Å². The van der Waals surface area contributed by atoms with E-state index in [1.54, 1.807) is 5.57 Å². The highest BCUT2D eigenvalue weighted by Gasteiger charge is 2.19. The van der Waals surface area contributed by atoms with Crippen molar-refractivity contribution in [3.63, 3.8) is 0 Å². The summed E-state index contributed by atoms with van der Waals surface area (Å²) in [5, 5.41) is 0. The molecule has 1 rings (SSSR count). The zero-order chi connectivity index (χ0) is 9.68. The van der Waals surface area contributed by atoms with Gasteiger partial charge in [0.25, 0.3) is 0 Å². The van der Waals surface area contributed by atoms with E-state index in [-0.39, 0.29) is 0 Å². The van der Waals surface area contributed by atoms with Crippen LogP contribution >= 0.6 is 0 Å². The molecule has 0 aromatic heterocycles. The average Bonchev–Trinajstić information content (AvgIpc) is 2.42. The van der Waals surface area contributed by atoms with Gasteiger partial charge in [-0.15, -0.1) is 0 Å². The standard InChI is InChI=1S/C12H22O/c1-4-5-6-7-8-12-10(2)9-13-11(12)3/h10H,4-9H2,1-3H3. The lowest BCUT2D eigenvalue weighted by molar-refractivity contribution is 0.225. The highest BCUT2D eigenvalue weighted by molar-refractivity contribution is 5.14. The Kier molecular flexibility index (Phi) is 4.34. The van der Waals surface area contributed by atoms with Gasteiger partial charge in [-0.1, -0.05) is 33.1 Å². The van der Waals surface area contributed by atoms with Gasteiger partial charge in [0.2, 0.25) is 0 Å². The van der Waals surface area contributed by atoms with E-state index in [4.69, 9.17) is 4.74 Å². The Balaban J connectivity index is 2.23. The van der Waals surface area contributed by atoms with Crippen molar-refractivity contribution in [2.75, 3.05) is 6.61 Å². The van der Waals surface area contributed by atoms with Crippen LogP contribution in [0.1, 0.15) is 52.9 Å². The Labute approximate surface area is 82.2 Å². The summed E-state index contributed by atoms with van der Waals surface area (Å²) in [4.78, 5) is 0. The van der Waals surface area contributed by atoms with Crippen LogP contribution in [-0.4, -0.2) is 6.61 Å². The summed E-state index contributed by atoms with van der Waals surface area (Å²) in [5.41, 5.74) is 1.57. The zero-order valence-electron chi connectivity index (χ0n) is 9.23. The first-order valence-electron chi connectivity index (χ1n) is 5.58. The van der Waals surface area contributed by atoms with Crippen molar-refractivity contribution in [1.29, 1.82) is 0 Å². The van der Waals surface area contributed by atoms with E-state index in [0.717, 1.165) is 6.61 Å². The number of rotatable bonds is 5. The van der Waals surface area contributed by atoms with Gasteiger partial charge < -0.3 is 4.74 Å². The summed E-state index contributed by atoms with van der Waals surface area (Å²) in [7, 11) is 0. The first-order valence-corrected chi connectivity index (χ1v) is 5.58. The Morgan fingerprint density at radius 2 is 2.08 bits per heavy atom. The van der Waals surface area contributed by atoms with Crippen molar-refractivity contribution in [3.8, 4) is 0 Å². The van der Waals surface area contributed by atoms with Gasteiger partial charge in [-0.2, -0.15) is 0 Å². The second-order valence-electron chi connectivity index (χ2n) is 4.10. The molecule has 0 saturated heterocycles. The fraction of sp³-hybridized carbons (Fsp3) is 0.833. The number of ether oxygens (including phenoxy) is 1. The first kappa shape index (κ1) is 10.6. The Morgan fingerprint density at radius 3 is 2.62 bits per heavy atom. The van der Waals surface area contributed by atoms with Gasteiger partial charge >= 0.3 is 0 Å². The summed E-state index contributed by atoms with van der Waals surface area (Å²) in [6.07, 6.45) is 6.67. The van der Waals surface area contributed by atoms with Crippen LogP contribution in [-0.2, 0) is 4.74 Å². The highest BCUT2D eigenvalue weighted by Crippen LogP contribution is 2.28. The maximum absolute atomic E-state index is 5.51. The van der Waals surface area contributed by atoms with Gasteiger partial charge in [0, 0.05) is 5.92 Å². The second kappa shape index (κ2) is 5.31. The number of hydrogen-bond donors (Lipinski definition) is 0. The van der Waals surface area contributed by atoms with E-state index >= 15 is 0 Å². The quantitative estimate of drug-likeness (QED) is 0.586. The van der Waals surface area contributed by atoms with E-state index in [1.165, 1.54) is 37.9 Å². The van der Waals surface area contributed by atoms with Crippen LogP contribution in [0.15, 0.2) is 11.3 Å². The maximum atomic E-state index is 5.51. The molecule has 1 heterocycles. The van der Waals surface area contributed by atoms with E-state index in [0.29, 0.717) is 5.92 Å². The third kappa shape index (κ3) is 3.06. The SMILES string of the molecule is CCCCCCC1=C(C)OCC1C. The largest absolute Gasteiger partial charge is 0.498 e. The zero-order valence-corrected chi connectivity index (χ0v) is 9.23. The molecule has 0 bridgehead atoms. The monoisotopic (exact) mass is 182 g/mol. The molecule has 0 fully saturated rings. The fourth-order valence-corrected chi connectivity index (χ4v) is 1.95. The predicted molar refractivity (Wildman–Crippen MR) is 56.6 cm³/mol. The van der Waals surface area contributed by atoms with E-state index in [2.05, 4.69) is 20.8 Å². The highest BCUT2D eigenvalue weighted by atomic mass is 16.5. The van der Waals surface area contributed by atoms with Crippen molar-refractivity contribution in [1.82, 2.24) is 0 Å². The summed E-state index contributed by atoms with van der Waals surface area (Å²) in [6.45, 7) is 7.55. The van der Waals surface area contributed by atoms with Crippen LogP contribution in [0.5, 0.6) is 0 Å². The lowest BCUT2D eigenvalue weighted by Gasteiger charge is -2.06. The second-order valence-corrected chi connectivity index (χ2v) is 4.10. The number of unbranched alkanes of at least 4 members (excludes halogenated alkanes) is 3. The van der Waals surface area contributed by atoms with Crippen molar-refractivity contribution in [3.05, 3.63) is 11.3 Å². The van der Waals surface area contributed by atoms with Gasteiger partial charge in [0.15, 0.2) is 0 Å². The Morgan fingerprint density at radius 1 is 1.31 bits per heavy atom. The lowest BCUT2D eigenvalue weighted by atomic mass is 9.97. The minimum atomic E-state index is 0.668. The Hall–Kier alpha value is -0.460. The molecule has 1 nitrogen and oxygen atoms in total. The molecule has 1 unspecified atom stereocenters. The molecule has 1 aliphatic heterocycles. The van der Waals surface area contributed by atoms with Gasteiger partial charge in [-0.05, 0) is 25.3 Å². The molecule has 0 aromatic carbocycles. The summed E-state index contributed by atoms with van der Waals surface area (Å²) in [5.74, 6) is 1.87. The smallest absolute Gasteiger partial charge is 0.0941 e. The normalized spacial score (nSPS) is 22.2. The molecular weight excluding hydrogens is 160 g/mol. The lowest BCUT2D eigenvalue weighted by Crippen LogP contribution is -1.98. The molecule has 0 aliphatic carbocycles. The fourth-order valence-electron chi connectivity index (χ4n) is 1.95. The summed E-state index contributed by atoms with van der Waals surface area (Å²) in [6, 6.07) is 0. The van der Waals surface area contributed by atoms with Crippen molar-refractivity contribution in [2.24, 2.45) is 5.92 Å². The third-order valence-corrected chi connectivity index (χ3v) is 2.90. The van der Waals surface area contributed by atoms with Crippen LogP contribution in [0, 0.1) is 5.92 Å². The van der Waals surface area contributed by atoms with Gasteiger partial charge in [0.1, 0.15) is 0 Å². The molecule has 0 aromatic rings. The van der Waals surface area contributed by atoms with Crippen LogP contribution in [0.2, 0.25) is 0 Å². The van der Waals surface area contributed by atoms with E-state index in [9.17, 15) is 0 Å². The number of allylic oxidation sites excluding steroid dienone is 1. The topological polar surface area (TPSA) is 9.23 Å². The first-order chi connectivity index (χ1) is 6.25. The summed E-state index contributed by atoms with van der Waals surface area (Å²) < 4.78 is 5.51. The molecule has 0 amide bonds. The molecular formula is C12H22O. The molecule has 1 aliphatic rings. The van der Waals surface area contributed by atoms with E-state index < -0.39 is 0 Å². The minimum Gasteiger partial charge on any atom is -0.498 e. The molecule has 0 saturated carbocycles. The van der Waals surface area contributed by atoms with Crippen LogP contribution in [0.3, 0.4) is 0 Å². The Bertz CT molecular complexity index is 182. The number of hydrogen-bond acceptors (Lipinski definition) is 1. The molecule has 1 heteroatoms. The van der Waals surface area contributed by atoms with E-state index in [1.807, 2.05) is 0 Å². The minimum absolute atomic E-state index is 0.668. The summed E-state index contributed by atoms with van der Waals surface area (Å²) >= 11 is 0. The van der Waals surface area contributed by atoms with Crippen molar-refractivity contribution in [2.45, 2.75) is 52.9 Å². The van der Waals surface area contributed by atoms with Crippen LogP contribution in [0.4, 0.5) is 0 Å². The molecule has 76 valence electrons. The predicted octanol–water partition coefficient (Wildman–Crippen LogP) is 3.90. The van der Waals surface area contributed by atoms with Crippen molar-refractivity contribution < 1.29 is 4.74 Å². The van der Waals surface area contributed by atoms with Crippen LogP contribution < -0.4 is 0 Å². The third-order valence-electron chi connectivity index (χ3n) is 2.90. The molecule has 13 heavy (non-hydrogen) atoms. The van der Waals surface area contributed by atoms with Gasteiger partial charge in [-0.25, -0.2) is 0 Å². The van der Waals surface area contributed by atoms with Gasteiger partial charge in [0.05, 0.1) is 12.4 Å². The molecule has 0 radical (unpaired) electrons.